The molecular formula is C14H20FN. The summed E-state index contributed by atoms with van der Waals surface area (Å²) in [5.74, 6) is 0.401. The molecule has 1 aliphatic carbocycles. The zero-order chi connectivity index (χ0) is 11.5. The number of halogens is 1. The van der Waals surface area contributed by atoms with E-state index in [1.807, 2.05) is 19.1 Å². The maximum atomic E-state index is 13.1. The van der Waals surface area contributed by atoms with Crippen LogP contribution in [0.3, 0.4) is 0 Å². The first kappa shape index (κ1) is 11.6. The molecule has 88 valence electrons. The summed E-state index contributed by atoms with van der Waals surface area (Å²) in [5.41, 5.74) is 2.00. The predicted octanol–water partition coefficient (Wildman–Crippen LogP) is 3.38. The average molecular weight is 221 g/mol. The van der Waals surface area contributed by atoms with Crippen LogP contribution in [0.1, 0.15) is 43.2 Å². The molecular weight excluding hydrogens is 201 g/mol. The summed E-state index contributed by atoms with van der Waals surface area (Å²) < 4.78 is 13.1. The Balaban J connectivity index is 1.86. The van der Waals surface area contributed by atoms with Crippen molar-refractivity contribution in [1.29, 1.82) is 0 Å². The Labute approximate surface area is 97.1 Å². The van der Waals surface area contributed by atoms with E-state index < -0.39 is 0 Å². The van der Waals surface area contributed by atoms with Crippen molar-refractivity contribution < 1.29 is 4.39 Å². The molecule has 0 saturated heterocycles. The normalized spacial score (nSPS) is 17.4. The first-order valence-electron chi connectivity index (χ1n) is 6.16. The smallest absolute Gasteiger partial charge is 0.126 e. The second-order valence-electron chi connectivity index (χ2n) is 4.93. The summed E-state index contributed by atoms with van der Waals surface area (Å²) in [6.45, 7) is 5.11. The molecule has 0 bridgehead atoms. The van der Waals surface area contributed by atoms with Gasteiger partial charge in [-0.05, 0) is 55.8 Å². The molecule has 2 heteroatoms. The van der Waals surface area contributed by atoms with Crippen LogP contribution in [0.2, 0.25) is 0 Å². The quantitative estimate of drug-likeness (QED) is 0.803. The second kappa shape index (κ2) is 4.96. The first-order chi connectivity index (χ1) is 7.66. The third-order valence-electron chi connectivity index (χ3n) is 3.34. The minimum atomic E-state index is -0.105. The Morgan fingerprint density at radius 3 is 2.81 bits per heavy atom. The maximum Gasteiger partial charge on any atom is 0.126 e. The Bertz CT molecular complexity index is 358. The van der Waals surface area contributed by atoms with Gasteiger partial charge < -0.3 is 5.32 Å². The highest BCUT2D eigenvalue weighted by Crippen LogP contribution is 2.22. The van der Waals surface area contributed by atoms with E-state index >= 15 is 0 Å². The van der Waals surface area contributed by atoms with Gasteiger partial charge in [0.25, 0.3) is 0 Å². The third kappa shape index (κ3) is 3.05. The molecule has 2 rings (SSSR count). The van der Waals surface area contributed by atoms with Gasteiger partial charge in [0.15, 0.2) is 0 Å². The maximum absolute atomic E-state index is 13.1. The molecule has 1 aliphatic rings. The van der Waals surface area contributed by atoms with Crippen molar-refractivity contribution in [3.63, 3.8) is 0 Å². The van der Waals surface area contributed by atoms with Crippen LogP contribution in [-0.2, 0) is 0 Å². The SMILES string of the molecule is Cc1cc(C(C)CCNC2CC2)ccc1F. The van der Waals surface area contributed by atoms with E-state index in [1.165, 1.54) is 18.4 Å². The van der Waals surface area contributed by atoms with E-state index in [0.29, 0.717) is 5.92 Å². The van der Waals surface area contributed by atoms with Gasteiger partial charge in [0.2, 0.25) is 0 Å². The molecule has 0 aliphatic heterocycles. The molecule has 0 aromatic heterocycles. The van der Waals surface area contributed by atoms with Crippen molar-refractivity contribution in [2.45, 2.75) is 45.1 Å². The molecule has 1 atom stereocenters. The Morgan fingerprint density at radius 2 is 2.19 bits per heavy atom. The lowest BCUT2D eigenvalue weighted by atomic mass is 9.96. The first-order valence-corrected chi connectivity index (χ1v) is 6.16. The summed E-state index contributed by atoms with van der Waals surface area (Å²) in [6, 6.07) is 6.23. The van der Waals surface area contributed by atoms with Gasteiger partial charge in [0.05, 0.1) is 0 Å². The molecule has 1 saturated carbocycles. The highest BCUT2D eigenvalue weighted by molar-refractivity contribution is 5.26. The van der Waals surface area contributed by atoms with Gasteiger partial charge in [-0.1, -0.05) is 19.1 Å². The Morgan fingerprint density at radius 1 is 1.44 bits per heavy atom. The van der Waals surface area contributed by atoms with Crippen molar-refractivity contribution in [1.82, 2.24) is 5.32 Å². The predicted molar refractivity (Wildman–Crippen MR) is 65.2 cm³/mol. The van der Waals surface area contributed by atoms with E-state index in [9.17, 15) is 4.39 Å². The summed E-state index contributed by atoms with van der Waals surface area (Å²) in [5, 5.41) is 3.51. The molecule has 1 N–H and O–H groups in total. The molecule has 1 nitrogen and oxygen atoms in total. The molecule has 0 heterocycles. The standard InChI is InChI=1S/C14H20FN/c1-10(7-8-16-13-4-5-13)12-3-6-14(15)11(2)9-12/h3,6,9-10,13,16H,4-5,7-8H2,1-2H3. The minimum absolute atomic E-state index is 0.105. The number of hydrogen-bond donors (Lipinski definition) is 1. The highest BCUT2D eigenvalue weighted by atomic mass is 19.1. The monoisotopic (exact) mass is 221 g/mol. The third-order valence-corrected chi connectivity index (χ3v) is 3.34. The fraction of sp³-hybridized carbons (Fsp3) is 0.571. The van der Waals surface area contributed by atoms with Gasteiger partial charge in [0, 0.05) is 6.04 Å². The van der Waals surface area contributed by atoms with Crippen LogP contribution in [0, 0.1) is 12.7 Å². The molecule has 1 aromatic rings. The zero-order valence-electron chi connectivity index (χ0n) is 10.1. The summed E-state index contributed by atoms with van der Waals surface area (Å²) in [4.78, 5) is 0. The van der Waals surface area contributed by atoms with Gasteiger partial charge in [-0.15, -0.1) is 0 Å². The number of nitrogens with one attached hydrogen (secondary N) is 1. The molecule has 1 unspecified atom stereocenters. The Hall–Kier alpha value is -0.890. The number of benzene rings is 1. The zero-order valence-corrected chi connectivity index (χ0v) is 10.1. The van der Waals surface area contributed by atoms with Gasteiger partial charge in [-0.2, -0.15) is 0 Å². The van der Waals surface area contributed by atoms with Gasteiger partial charge >= 0.3 is 0 Å². The van der Waals surface area contributed by atoms with Crippen LogP contribution in [0.4, 0.5) is 4.39 Å². The molecule has 1 fully saturated rings. The van der Waals surface area contributed by atoms with E-state index in [1.54, 1.807) is 6.07 Å². The number of hydrogen-bond acceptors (Lipinski definition) is 1. The van der Waals surface area contributed by atoms with Crippen molar-refractivity contribution in [3.05, 3.63) is 35.1 Å². The van der Waals surface area contributed by atoms with Crippen LogP contribution in [0.5, 0.6) is 0 Å². The van der Waals surface area contributed by atoms with Crippen LogP contribution in [0.15, 0.2) is 18.2 Å². The highest BCUT2D eigenvalue weighted by Gasteiger charge is 2.20. The summed E-state index contributed by atoms with van der Waals surface area (Å²) >= 11 is 0. The topological polar surface area (TPSA) is 12.0 Å². The summed E-state index contributed by atoms with van der Waals surface area (Å²) in [6.07, 6.45) is 3.80. The van der Waals surface area contributed by atoms with E-state index in [0.717, 1.165) is 24.6 Å². The molecule has 1 aromatic carbocycles. The van der Waals surface area contributed by atoms with Crippen molar-refractivity contribution in [3.8, 4) is 0 Å². The molecule has 0 radical (unpaired) electrons. The number of rotatable bonds is 5. The second-order valence-corrected chi connectivity index (χ2v) is 4.93. The van der Waals surface area contributed by atoms with E-state index in [2.05, 4.69) is 12.2 Å². The average Bonchev–Trinajstić information content (AvgIpc) is 3.06. The molecule has 16 heavy (non-hydrogen) atoms. The molecule has 0 amide bonds. The summed E-state index contributed by atoms with van der Waals surface area (Å²) in [7, 11) is 0. The van der Waals surface area contributed by atoms with Gasteiger partial charge in [0.1, 0.15) is 5.82 Å². The molecule has 0 spiro atoms. The van der Waals surface area contributed by atoms with E-state index in [4.69, 9.17) is 0 Å². The van der Waals surface area contributed by atoms with Crippen molar-refractivity contribution >= 4 is 0 Å². The van der Waals surface area contributed by atoms with Crippen molar-refractivity contribution in [2.75, 3.05) is 6.54 Å². The van der Waals surface area contributed by atoms with Gasteiger partial charge in [-0.3, -0.25) is 0 Å². The largest absolute Gasteiger partial charge is 0.314 e. The lowest BCUT2D eigenvalue weighted by Crippen LogP contribution is -2.19. The van der Waals surface area contributed by atoms with Crippen LogP contribution in [0.25, 0.3) is 0 Å². The number of aryl methyl sites for hydroxylation is 1. The minimum Gasteiger partial charge on any atom is -0.314 e. The Kier molecular flexibility index (Phi) is 3.59. The lowest BCUT2D eigenvalue weighted by Gasteiger charge is -2.13. The fourth-order valence-corrected chi connectivity index (χ4v) is 1.93. The van der Waals surface area contributed by atoms with Crippen LogP contribution < -0.4 is 5.32 Å². The van der Waals surface area contributed by atoms with Crippen molar-refractivity contribution in [2.24, 2.45) is 0 Å². The lowest BCUT2D eigenvalue weighted by molar-refractivity contribution is 0.587. The van der Waals surface area contributed by atoms with E-state index in [-0.39, 0.29) is 5.82 Å². The van der Waals surface area contributed by atoms with Crippen LogP contribution in [-0.4, -0.2) is 12.6 Å². The van der Waals surface area contributed by atoms with Crippen LogP contribution >= 0.6 is 0 Å². The fourth-order valence-electron chi connectivity index (χ4n) is 1.93. The van der Waals surface area contributed by atoms with Gasteiger partial charge in [-0.25, -0.2) is 4.39 Å².